The predicted molar refractivity (Wildman–Crippen MR) is 66.4 cm³/mol. The highest BCUT2D eigenvalue weighted by atomic mass is 16.5. The summed E-state index contributed by atoms with van der Waals surface area (Å²) in [6.07, 6.45) is -0.419. The maximum absolute atomic E-state index is 11.6. The Bertz CT molecular complexity index is 367. The first-order chi connectivity index (χ1) is 9.46. The lowest BCUT2D eigenvalue weighted by atomic mass is 10.2. The fourth-order valence-corrected chi connectivity index (χ4v) is 1.24. The summed E-state index contributed by atoms with van der Waals surface area (Å²) in [5.74, 6) is -3.76. The van der Waals surface area contributed by atoms with E-state index < -0.39 is 36.3 Å². The molecule has 8 heteroatoms. The molecule has 0 saturated carbocycles. The molecular weight excluding hydrogens is 270 g/mol. The van der Waals surface area contributed by atoms with Gasteiger partial charge in [-0.25, -0.2) is 9.59 Å². The summed E-state index contributed by atoms with van der Waals surface area (Å²) in [7, 11) is 0. The summed E-state index contributed by atoms with van der Waals surface area (Å²) in [5.41, 5.74) is 0. The van der Waals surface area contributed by atoms with E-state index in [0.29, 0.717) is 0 Å². The SMILES string of the molecule is CCOC(=O)CC(NC(=O)C(=O)OCC)C(=O)OCC. The molecule has 0 aliphatic rings. The fourth-order valence-electron chi connectivity index (χ4n) is 1.24. The number of nitrogens with one attached hydrogen (secondary N) is 1. The monoisotopic (exact) mass is 289 g/mol. The molecule has 0 spiro atoms. The van der Waals surface area contributed by atoms with Gasteiger partial charge in [-0.05, 0) is 20.8 Å². The normalized spacial score (nSPS) is 11.2. The van der Waals surface area contributed by atoms with Gasteiger partial charge in [-0.15, -0.1) is 0 Å². The Balaban J connectivity index is 4.68. The second-order valence-electron chi connectivity index (χ2n) is 3.51. The average Bonchev–Trinajstić information content (AvgIpc) is 2.38. The van der Waals surface area contributed by atoms with Crippen molar-refractivity contribution < 1.29 is 33.4 Å². The van der Waals surface area contributed by atoms with E-state index in [1.165, 1.54) is 6.92 Å². The number of carbonyl (C=O) groups is 4. The molecule has 1 atom stereocenters. The molecule has 1 amide bonds. The molecule has 20 heavy (non-hydrogen) atoms. The van der Waals surface area contributed by atoms with Gasteiger partial charge < -0.3 is 19.5 Å². The Labute approximate surface area is 116 Å². The molecule has 0 aromatic rings. The van der Waals surface area contributed by atoms with Crippen LogP contribution in [0, 0.1) is 0 Å². The number of ether oxygens (including phenoxy) is 3. The quantitative estimate of drug-likeness (QED) is 0.384. The highest BCUT2D eigenvalue weighted by molar-refractivity contribution is 6.32. The topological polar surface area (TPSA) is 108 Å². The van der Waals surface area contributed by atoms with Crippen molar-refractivity contribution in [2.75, 3.05) is 19.8 Å². The number of carbonyl (C=O) groups excluding carboxylic acids is 4. The molecule has 0 aliphatic carbocycles. The lowest BCUT2D eigenvalue weighted by Gasteiger charge is -2.15. The van der Waals surface area contributed by atoms with Crippen LogP contribution in [-0.2, 0) is 33.4 Å². The van der Waals surface area contributed by atoms with E-state index in [9.17, 15) is 19.2 Å². The zero-order valence-electron chi connectivity index (χ0n) is 11.8. The first-order valence-electron chi connectivity index (χ1n) is 6.26. The minimum absolute atomic E-state index is 0.0220. The standard InChI is InChI=1S/C12H19NO7/c1-4-18-9(14)7-8(11(16)19-5-2)13-10(15)12(17)20-6-3/h8H,4-7H2,1-3H3,(H,13,15). The molecular formula is C12H19NO7. The van der Waals surface area contributed by atoms with Crippen molar-refractivity contribution in [1.82, 2.24) is 5.32 Å². The van der Waals surface area contributed by atoms with Crippen LogP contribution in [0.2, 0.25) is 0 Å². The fraction of sp³-hybridized carbons (Fsp3) is 0.667. The smallest absolute Gasteiger partial charge is 0.396 e. The van der Waals surface area contributed by atoms with Crippen LogP contribution in [0.5, 0.6) is 0 Å². The van der Waals surface area contributed by atoms with E-state index in [-0.39, 0.29) is 19.8 Å². The molecule has 0 aromatic heterocycles. The number of hydrogen-bond donors (Lipinski definition) is 1. The van der Waals surface area contributed by atoms with Gasteiger partial charge in [-0.2, -0.15) is 0 Å². The number of amides is 1. The molecule has 114 valence electrons. The third kappa shape index (κ3) is 6.72. The van der Waals surface area contributed by atoms with E-state index >= 15 is 0 Å². The van der Waals surface area contributed by atoms with Gasteiger partial charge in [-0.3, -0.25) is 9.59 Å². The van der Waals surface area contributed by atoms with Crippen LogP contribution >= 0.6 is 0 Å². The van der Waals surface area contributed by atoms with Crippen LogP contribution in [0.3, 0.4) is 0 Å². The second kappa shape index (κ2) is 9.76. The molecule has 0 rings (SSSR count). The average molecular weight is 289 g/mol. The number of esters is 3. The Kier molecular flexibility index (Phi) is 8.73. The first kappa shape index (κ1) is 17.9. The maximum atomic E-state index is 11.6. The summed E-state index contributed by atoms with van der Waals surface area (Å²) >= 11 is 0. The summed E-state index contributed by atoms with van der Waals surface area (Å²) < 4.78 is 13.9. The van der Waals surface area contributed by atoms with E-state index in [0.717, 1.165) is 0 Å². The van der Waals surface area contributed by atoms with Gasteiger partial charge in [0.2, 0.25) is 0 Å². The van der Waals surface area contributed by atoms with Crippen molar-refractivity contribution in [3.05, 3.63) is 0 Å². The molecule has 8 nitrogen and oxygen atoms in total. The summed E-state index contributed by atoms with van der Waals surface area (Å²) in [4.78, 5) is 45.6. The summed E-state index contributed by atoms with van der Waals surface area (Å²) in [5, 5.41) is 2.09. The molecule has 0 saturated heterocycles. The predicted octanol–water partition coefficient (Wildman–Crippen LogP) is -0.449. The lowest BCUT2D eigenvalue weighted by molar-refractivity contribution is -0.158. The van der Waals surface area contributed by atoms with Crippen molar-refractivity contribution in [2.24, 2.45) is 0 Å². The van der Waals surface area contributed by atoms with Gasteiger partial charge >= 0.3 is 23.8 Å². The lowest BCUT2D eigenvalue weighted by Crippen LogP contribution is -2.46. The Morgan fingerprint density at radius 3 is 1.95 bits per heavy atom. The Hall–Kier alpha value is -2.12. The molecule has 1 unspecified atom stereocenters. The second-order valence-corrected chi connectivity index (χ2v) is 3.51. The molecule has 0 aliphatic heterocycles. The number of rotatable bonds is 7. The highest BCUT2D eigenvalue weighted by Crippen LogP contribution is 1.99. The van der Waals surface area contributed by atoms with Crippen molar-refractivity contribution in [2.45, 2.75) is 33.2 Å². The van der Waals surface area contributed by atoms with Gasteiger partial charge in [0.25, 0.3) is 0 Å². The van der Waals surface area contributed by atoms with E-state index in [1.54, 1.807) is 13.8 Å². The van der Waals surface area contributed by atoms with Gasteiger partial charge in [0.15, 0.2) is 0 Å². The van der Waals surface area contributed by atoms with E-state index in [4.69, 9.17) is 4.74 Å². The third-order valence-corrected chi connectivity index (χ3v) is 2.01. The summed E-state index contributed by atoms with van der Waals surface area (Å²) in [6.45, 7) is 4.95. The van der Waals surface area contributed by atoms with Gasteiger partial charge in [-0.1, -0.05) is 0 Å². The highest BCUT2D eigenvalue weighted by Gasteiger charge is 2.28. The molecule has 0 aromatic carbocycles. The molecule has 1 N–H and O–H groups in total. The maximum Gasteiger partial charge on any atom is 0.396 e. The molecule has 0 radical (unpaired) electrons. The van der Waals surface area contributed by atoms with Crippen LogP contribution in [0.1, 0.15) is 27.2 Å². The van der Waals surface area contributed by atoms with Crippen molar-refractivity contribution in [1.29, 1.82) is 0 Å². The van der Waals surface area contributed by atoms with E-state index in [2.05, 4.69) is 14.8 Å². The van der Waals surface area contributed by atoms with Gasteiger partial charge in [0.05, 0.1) is 26.2 Å². The Morgan fingerprint density at radius 2 is 1.45 bits per heavy atom. The zero-order valence-corrected chi connectivity index (χ0v) is 11.8. The first-order valence-corrected chi connectivity index (χ1v) is 6.26. The van der Waals surface area contributed by atoms with Crippen LogP contribution < -0.4 is 5.32 Å². The van der Waals surface area contributed by atoms with Crippen LogP contribution in [0.25, 0.3) is 0 Å². The zero-order chi connectivity index (χ0) is 15.5. The van der Waals surface area contributed by atoms with Crippen LogP contribution in [0.4, 0.5) is 0 Å². The minimum Gasteiger partial charge on any atom is -0.466 e. The minimum atomic E-state index is -1.29. The van der Waals surface area contributed by atoms with E-state index in [1.807, 2.05) is 0 Å². The molecule has 0 fully saturated rings. The van der Waals surface area contributed by atoms with Crippen LogP contribution in [-0.4, -0.2) is 49.7 Å². The number of hydrogen-bond acceptors (Lipinski definition) is 7. The van der Waals surface area contributed by atoms with Gasteiger partial charge in [0.1, 0.15) is 6.04 Å². The van der Waals surface area contributed by atoms with Crippen molar-refractivity contribution in [3.8, 4) is 0 Å². The van der Waals surface area contributed by atoms with Crippen molar-refractivity contribution in [3.63, 3.8) is 0 Å². The Morgan fingerprint density at radius 1 is 0.900 bits per heavy atom. The van der Waals surface area contributed by atoms with Crippen molar-refractivity contribution >= 4 is 23.8 Å². The largest absolute Gasteiger partial charge is 0.466 e. The van der Waals surface area contributed by atoms with Crippen LogP contribution in [0.15, 0.2) is 0 Å². The molecule has 0 heterocycles. The molecule has 0 bridgehead atoms. The third-order valence-electron chi connectivity index (χ3n) is 2.01. The van der Waals surface area contributed by atoms with Gasteiger partial charge in [0, 0.05) is 0 Å². The summed E-state index contributed by atoms with van der Waals surface area (Å²) in [6, 6.07) is -1.29.